The Morgan fingerprint density at radius 1 is 1.25 bits per heavy atom. The van der Waals surface area contributed by atoms with E-state index in [4.69, 9.17) is 0 Å². The Balaban J connectivity index is -0.00000000500. The van der Waals surface area contributed by atoms with E-state index in [1.54, 1.807) is 0 Å². The van der Waals surface area contributed by atoms with Crippen molar-refractivity contribution >= 4 is 23.4 Å². The summed E-state index contributed by atoms with van der Waals surface area (Å²) in [5.41, 5.74) is 0. The zero-order chi connectivity index (χ0) is 2.00. The molecule has 0 spiro atoms. The second-order valence-corrected chi connectivity index (χ2v) is 0. The Morgan fingerprint density at radius 3 is 1.25 bits per heavy atom. The molecule has 0 nitrogen and oxygen atoms in total. The second kappa shape index (κ2) is 19.8. The molecule has 0 aliphatic carbocycles. The molecule has 0 saturated heterocycles. The molecule has 0 aliphatic heterocycles. The van der Waals surface area contributed by atoms with Gasteiger partial charge in [0.25, 0.3) is 0 Å². The Labute approximate surface area is 64.7 Å². The maximum absolute atomic E-state index is 2.00. The summed E-state index contributed by atoms with van der Waals surface area (Å²) in [6.45, 7) is 0. The van der Waals surface area contributed by atoms with E-state index >= 15 is 0 Å². The van der Waals surface area contributed by atoms with Gasteiger partial charge in [-0.3, -0.25) is 0 Å². The SMILES string of the molecule is [AlH3].[BH2][Ti].[Ti]. The minimum atomic E-state index is 0. The fourth-order valence-corrected chi connectivity index (χ4v) is 0. The van der Waals surface area contributed by atoms with Crippen LogP contribution in [0.2, 0.25) is 0 Å². The van der Waals surface area contributed by atoms with E-state index in [2.05, 4.69) is 0 Å². The summed E-state index contributed by atoms with van der Waals surface area (Å²) in [5.74, 6) is 0. The Morgan fingerprint density at radius 2 is 1.25 bits per heavy atom. The minimum Gasteiger partial charge on any atom is 0 e. The third-order valence-electron chi connectivity index (χ3n) is 0. The third kappa shape index (κ3) is 8.98. The molecule has 0 unspecified atom stereocenters. The molecule has 4 heteroatoms. The van der Waals surface area contributed by atoms with Crippen LogP contribution in [0.3, 0.4) is 0 Å². The van der Waals surface area contributed by atoms with Crippen LogP contribution in [0.1, 0.15) is 0 Å². The van der Waals surface area contributed by atoms with Gasteiger partial charge in [-0.25, -0.2) is 0 Å². The van der Waals surface area contributed by atoms with E-state index in [1.807, 2.05) is 26.3 Å². The van der Waals surface area contributed by atoms with Crippen LogP contribution in [0.25, 0.3) is 0 Å². The largest absolute Gasteiger partial charge is 0 e. The van der Waals surface area contributed by atoms with Crippen molar-refractivity contribution in [3.8, 4) is 0 Å². The molecule has 0 aromatic heterocycles. The monoisotopic (exact) mass is 139 g/mol. The molecule has 0 rings (SSSR count). The number of hydrogen-bond donors (Lipinski definition) is 0. The van der Waals surface area contributed by atoms with Crippen LogP contribution in [0, 0.1) is 0 Å². The number of rotatable bonds is 0. The van der Waals surface area contributed by atoms with Gasteiger partial charge in [-0.2, -0.15) is 0 Å². The van der Waals surface area contributed by atoms with Crippen molar-refractivity contribution in [2.75, 3.05) is 0 Å². The van der Waals surface area contributed by atoms with E-state index in [-0.39, 0.29) is 39.1 Å². The maximum Gasteiger partial charge on any atom is 0 e. The molecule has 0 bridgehead atoms. The standard InChI is InChI=1S/Al.BH2.2Ti.3H/h;1H2;;;;;/q;+1;;-1;;;. The van der Waals surface area contributed by atoms with Gasteiger partial charge < -0.3 is 0 Å². The zero-order valence-corrected chi connectivity index (χ0v) is 5.12. The van der Waals surface area contributed by atoms with E-state index in [0.717, 1.165) is 0 Å². The van der Waals surface area contributed by atoms with Crippen molar-refractivity contribution in [3.05, 3.63) is 0 Å². The van der Waals surface area contributed by atoms with E-state index in [9.17, 15) is 0 Å². The first kappa shape index (κ1) is 16.6. The van der Waals surface area contributed by atoms with Crippen molar-refractivity contribution in [2.24, 2.45) is 0 Å². The van der Waals surface area contributed by atoms with Crippen LogP contribution in [-0.2, 0) is 42.0 Å². The van der Waals surface area contributed by atoms with Crippen molar-refractivity contribution in [2.45, 2.75) is 0 Å². The first-order valence-corrected chi connectivity index (χ1v) is 2.06. The van der Waals surface area contributed by atoms with Gasteiger partial charge in [0.05, 0.1) is 0 Å². The summed E-state index contributed by atoms with van der Waals surface area (Å²) in [6, 6.07) is 2.00. The third-order valence-corrected chi connectivity index (χ3v) is 0. The van der Waals surface area contributed by atoms with E-state index < -0.39 is 0 Å². The smallest absolute Gasteiger partial charge is 0 e. The summed E-state index contributed by atoms with van der Waals surface area (Å²) >= 11 is 2.00. The van der Waals surface area contributed by atoms with Crippen LogP contribution >= 0.6 is 0 Å². The van der Waals surface area contributed by atoms with Gasteiger partial charge in [0.1, 0.15) is 0 Å². The van der Waals surface area contributed by atoms with Crippen molar-refractivity contribution in [1.82, 2.24) is 0 Å². The predicted octanol–water partition coefficient (Wildman–Crippen LogP) is -2.11. The quantitative estimate of drug-likeness (QED) is 0.337. The van der Waals surface area contributed by atoms with Gasteiger partial charge in [-0.05, 0) is 0 Å². The first-order valence-electron chi connectivity index (χ1n) is 0.500. The Bertz CT molecular complexity index is 6.00. The normalized spacial score (nSPS) is 0.750. The van der Waals surface area contributed by atoms with Gasteiger partial charge in [0.2, 0.25) is 0 Å². The average Bonchev–Trinajstić information content (AvgIpc) is 1.00. The molecule has 0 amide bonds. The van der Waals surface area contributed by atoms with Gasteiger partial charge in [-0.15, -0.1) is 0 Å². The van der Waals surface area contributed by atoms with Gasteiger partial charge in [0.15, 0.2) is 17.4 Å². The molecule has 0 aromatic rings. The predicted molar refractivity (Wildman–Crippen MR) is 18.5 cm³/mol. The molecule has 0 aromatic carbocycles. The Kier molecular flexibility index (Phi) is 82.5. The van der Waals surface area contributed by atoms with Crippen LogP contribution in [0.4, 0.5) is 0 Å². The summed E-state index contributed by atoms with van der Waals surface area (Å²) in [4.78, 5) is 0. The summed E-state index contributed by atoms with van der Waals surface area (Å²) in [5, 5.41) is 0. The Hall–Kier alpha value is 2.03. The first-order chi connectivity index (χ1) is 1.00. The fraction of sp³-hybridized carbons (Fsp3) is 0. The molecule has 0 saturated carbocycles. The van der Waals surface area contributed by atoms with Crippen molar-refractivity contribution in [1.29, 1.82) is 0 Å². The van der Waals surface area contributed by atoms with Crippen LogP contribution in [-0.4, -0.2) is 23.4 Å². The molecular weight excluding hydrogens is 134 g/mol. The molecule has 0 radical (unpaired) electrons. The second-order valence-electron chi connectivity index (χ2n) is 0. The summed E-state index contributed by atoms with van der Waals surface area (Å²) in [6.07, 6.45) is 0. The molecule has 0 N–H and O–H groups in total. The van der Waals surface area contributed by atoms with E-state index in [0.29, 0.717) is 0 Å². The molecular formula is H5AlBTi2. The summed E-state index contributed by atoms with van der Waals surface area (Å²) < 4.78 is 0. The molecule has 0 aliphatic rings. The van der Waals surface area contributed by atoms with Crippen LogP contribution < -0.4 is 0 Å². The molecule has 4 heavy (non-hydrogen) atoms. The maximum atomic E-state index is 2.00. The van der Waals surface area contributed by atoms with Crippen LogP contribution in [0.15, 0.2) is 0 Å². The fourth-order valence-electron chi connectivity index (χ4n) is 0. The van der Waals surface area contributed by atoms with Crippen molar-refractivity contribution in [3.63, 3.8) is 0 Å². The van der Waals surface area contributed by atoms with Gasteiger partial charge in [-0.1, -0.05) is 0 Å². The van der Waals surface area contributed by atoms with E-state index in [1.165, 1.54) is 0 Å². The minimum absolute atomic E-state index is 0. The average molecular weight is 139 g/mol. The zero-order valence-electron chi connectivity index (χ0n) is 2.00. The summed E-state index contributed by atoms with van der Waals surface area (Å²) in [7, 11) is 0. The van der Waals surface area contributed by atoms with Gasteiger partial charge in [0, 0.05) is 21.7 Å². The number of hydrogen-bond acceptors (Lipinski definition) is 0. The molecule has 0 heterocycles. The van der Waals surface area contributed by atoms with Crippen LogP contribution in [0.5, 0.6) is 0 Å². The molecule has 19 valence electrons. The molecule has 0 atom stereocenters. The van der Waals surface area contributed by atoms with Gasteiger partial charge >= 0.3 is 26.3 Å². The van der Waals surface area contributed by atoms with Crippen molar-refractivity contribution < 1.29 is 42.0 Å². The topological polar surface area (TPSA) is 0 Å². The molecule has 0 fully saturated rings.